The molecule has 1 unspecified atom stereocenters. The molecule has 5 rings (SSSR count). The smallest absolute Gasteiger partial charge is 0.253 e. The van der Waals surface area contributed by atoms with Gasteiger partial charge in [-0.05, 0) is 81.8 Å². The van der Waals surface area contributed by atoms with Crippen LogP contribution in [0.5, 0.6) is 0 Å². The largest absolute Gasteiger partial charge is 0.382 e. The van der Waals surface area contributed by atoms with Crippen LogP contribution < -0.4 is 31.9 Å². The summed E-state index contributed by atoms with van der Waals surface area (Å²) >= 11 is 0. The lowest BCUT2D eigenvalue weighted by Crippen LogP contribution is -2.50. The van der Waals surface area contributed by atoms with E-state index in [1.165, 1.54) is 0 Å². The molecule has 3 saturated heterocycles. The molecule has 40 heavy (non-hydrogen) atoms. The van der Waals surface area contributed by atoms with Crippen molar-refractivity contribution in [1.29, 1.82) is 0 Å². The Kier molecular flexibility index (Phi) is 8.54. The molecule has 3 amide bonds. The van der Waals surface area contributed by atoms with Crippen molar-refractivity contribution in [2.24, 2.45) is 5.73 Å². The number of nitrogens with one attached hydrogen (secondary N) is 4. The van der Waals surface area contributed by atoms with E-state index in [0.29, 0.717) is 22.4 Å². The molecule has 0 saturated carbocycles. The summed E-state index contributed by atoms with van der Waals surface area (Å²) in [5, 5.41) is 12.9. The molecule has 4 atom stereocenters. The molecular formula is C30H41N7O3. The summed E-state index contributed by atoms with van der Waals surface area (Å²) in [6.07, 6.45) is 8.17. The minimum Gasteiger partial charge on any atom is -0.382 e. The monoisotopic (exact) mass is 547 g/mol. The van der Waals surface area contributed by atoms with E-state index >= 15 is 0 Å². The van der Waals surface area contributed by atoms with Gasteiger partial charge in [-0.15, -0.1) is 0 Å². The van der Waals surface area contributed by atoms with Gasteiger partial charge in [0.2, 0.25) is 0 Å². The number of rotatable bonds is 10. The van der Waals surface area contributed by atoms with Crippen LogP contribution in [0, 0.1) is 0 Å². The third-order valence-electron chi connectivity index (χ3n) is 8.63. The normalized spacial score (nSPS) is 23.7. The van der Waals surface area contributed by atoms with Gasteiger partial charge in [0.15, 0.2) is 0 Å². The number of nitrogens with zero attached hydrogens (tertiary/aromatic N) is 2. The topological polar surface area (TPSA) is 141 Å². The fraction of sp³-hybridized carbons (Fsp3) is 0.533. The zero-order valence-corrected chi connectivity index (χ0v) is 23.4. The Bertz CT molecular complexity index is 1210. The van der Waals surface area contributed by atoms with Crippen molar-refractivity contribution in [2.75, 3.05) is 23.3 Å². The molecule has 0 radical (unpaired) electrons. The number of benzene rings is 1. The summed E-state index contributed by atoms with van der Waals surface area (Å²) in [6.45, 7) is 5.90. The lowest BCUT2D eigenvalue weighted by molar-refractivity contribution is 0.0922. The Morgan fingerprint density at radius 1 is 0.975 bits per heavy atom. The van der Waals surface area contributed by atoms with E-state index in [4.69, 9.17) is 5.73 Å². The van der Waals surface area contributed by atoms with Gasteiger partial charge in [0.25, 0.3) is 17.7 Å². The van der Waals surface area contributed by atoms with Gasteiger partial charge in [0, 0.05) is 54.2 Å². The van der Waals surface area contributed by atoms with E-state index in [0.717, 1.165) is 63.9 Å². The molecule has 0 aliphatic carbocycles. The van der Waals surface area contributed by atoms with Crippen molar-refractivity contribution in [1.82, 2.24) is 20.9 Å². The van der Waals surface area contributed by atoms with Crippen LogP contribution >= 0.6 is 0 Å². The number of nitrogens with two attached hydrogens (primary N) is 1. The Hall–Kier alpha value is -3.66. The van der Waals surface area contributed by atoms with Crippen molar-refractivity contribution in [3.05, 3.63) is 53.2 Å². The second-order valence-corrected chi connectivity index (χ2v) is 11.3. The summed E-state index contributed by atoms with van der Waals surface area (Å²) in [4.78, 5) is 44.8. The van der Waals surface area contributed by atoms with Crippen LogP contribution in [0.15, 0.2) is 36.5 Å². The Labute approximate surface area is 235 Å². The first kappa shape index (κ1) is 27.9. The summed E-state index contributed by atoms with van der Waals surface area (Å²) in [6, 6.07) is 9.83. The molecule has 3 aliphatic heterocycles. The maximum Gasteiger partial charge on any atom is 0.253 e. The van der Waals surface area contributed by atoms with Crippen LogP contribution in [-0.4, -0.2) is 66.0 Å². The van der Waals surface area contributed by atoms with E-state index in [1.807, 2.05) is 12.1 Å². The third-order valence-corrected chi connectivity index (χ3v) is 8.63. The van der Waals surface area contributed by atoms with Gasteiger partial charge in [0.05, 0.1) is 11.1 Å². The molecule has 214 valence electrons. The molecule has 6 N–H and O–H groups in total. The molecule has 4 heterocycles. The first-order chi connectivity index (χ1) is 19.4. The van der Waals surface area contributed by atoms with Crippen LogP contribution in [0.1, 0.15) is 89.9 Å². The van der Waals surface area contributed by atoms with Gasteiger partial charge in [-0.3, -0.25) is 14.4 Å². The lowest BCUT2D eigenvalue weighted by Gasteiger charge is -2.40. The lowest BCUT2D eigenvalue weighted by atomic mass is 9.96. The van der Waals surface area contributed by atoms with Crippen molar-refractivity contribution in [2.45, 2.75) is 89.0 Å². The minimum absolute atomic E-state index is 0.0533. The van der Waals surface area contributed by atoms with Gasteiger partial charge in [-0.1, -0.05) is 13.8 Å². The highest BCUT2D eigenvalue weighted by Crippen LogP contribution is 2.38. The van der Waals surface area contributed by atoms with Gasteiger partial charge >= 0.3 is 0 Å². The van der Waals surface area contributed by atoms with E-state index < -0.39 is 5.91 Å². The number of pyridine rings is 1. The highest BCUT2D eigenvalue weighted by Gasteiger charge is 2.42. The van der Waals surface area contributed by atoms with Crippen LogP contribution in [0.2, 0.25) is 0 Å². The SMILES string of the molecule is CCC(CC)Nc1cc(C(=O)NC2C[C@H]3CC[C@@H](C2)N3c2ccc(C(=O)N[C@H]3CCNC3)cn2)ccc1C(N)=O. The highest BCUT2D eigenvalue weighted by molar-refractivity contribution is 6.02. The van der Waals surface area contributed by atoms with Crippen LogP contribution in [-0.2, 0) is 0 Å². The van der Waals surface area contributed by atoms with Gasteiger partial charge in [-0.25, -0.2) is 4.98 Å². The van der Waals surface area contributed by atoms with Crippen molar-refractivity contribution >= 4 is 29.2 Å². The maximum atomic E-state index is 13.3. The summed E-state index contributed by atoms with van der Waals surface area (Å²) in [5.74, 6) is 0.139. The average Bonchev–Trinajstić information content (AvgIpc) is 3.56. The first-order valence-electron chi connectivity index (χ1n) is 14.6. The number of carbonyl (C=O) groups excluding carboxylic acids is 3. The van der Waals surface area contributed by atoms with E-state index in [9.17, 15) is 14.4 Å². The number of hydrogen-bond acceptors (Lipinski definition) is 7. The third kappa shape index (κ3) is 6.06. The number of piperidine rings is 1. The number of fused-ring (bicyclic) bond motifs is 2. The van der Waals surface area contributed by atoms with Crippen LogP contribution in [0.4, 0.5) is 11.5 Å². The fourth-order valence-corrected chi connectivity index (χ4v) is 6.39. The molecule has 10 nitrogen and oxygen atoms in total. The van der Waals surface area contributed by atoms with E-state index in [2.05, 4.69) is 45.0 Å². The Balaban J connectivity index is 1.21. The number of amides is 3. The maximum absolute atomic E-state index is 13.3. The number of primary amides is 1. The number of carbonyl (C=O) groups is 3. The minimum atomic E-state index is -0.516. The van der Waals surface area contributed by atoms with E-state index in [1.54, 1.807) is 24.4 Å². The molecule has 3 fully saturated rings. The molecule has 1 aromatic heterocycles. The number of aromatic nitrogens is 1. The molecule has 0 spiro atoms. The van der Waals surface area contributed by atoms with Crippen LogP contribution in [0.3, 0.4) is 0 Å². The molecule has 2 bridgehead atoms. The quantitative estimate of drug-likeness (QED) is 0.308. The molecule has 1 aromatic carbocycles. The van der Waals surface area contributed by atoms with Crippen molar-refractivity contribution in [3.63, 3.8) is 0 Å². The van der Waals surface area contributed by atoms with Crippen LogP contribution in [0.25, 0.3) is 0 Å². The average molecular weight is 548 g/mol. The van der Waals surface area contributed by atoms with Gasteiger partial charge in [-0.2, -0.15) is 0 Å². The van der Waals surface area contributed by atoms with Crippen molar-refractivity contribution < 1.29 is 14.4 Å². The zero-order valence-electron chi connectivity index (χ0n) is 23.4. The number of anilines is 2. The molecule has 3 aliphatic rings. The fourth-order valence-electron chi connectivity index (χ4n) is 6.39. The van der Waals surface area contributed by atoms with Crippen molar-refractivity contribution in [3.8, 4) is 0 Å². The second-order valence-electron chi connectivity index (χ2n) is 11.3. The summed E-state index contributed by atoms with van der Waals surface area (Å²) < 4.78 is 0. The Morgan fingerprint density at radius 3 is 2.25 bits per heavy atom. The molecule has 10 heteroatoms. The van der Waals surface area contributed by atoms with Gasteiger partial charge < -0.3 is 31.9 Å². The molecule has 2 aromatic rings. The zero-order chi connectivity index (χ0) is 28.2. The molecular weight excluding hydrogens is 506 g/mol. The predicted octanol–water partition coefficient (Wildman–Crippen LogP) is 2.80. The van der Waals surface area contributed by atoms with E-state index in [-0.39, 0.29) is 42.0 Å². The highest BCUT2D eigenvalue weighted by atomic mass is 16.2. The van der Waals surface area contributed by atoms with Gasteiger partial charge in [0.1, 0.15) is 5.82 Å². The standard InChI is InChI=1S/C30H41N7O3/c1-3-20(4-2)34-26-13-18(5-9-25(26)28(31)38)29(39)36-22-14-23-7-8-24(15-22)37(23)27-10-6-19(16-33-27)30(40)35-21-11-12-32-17-21/h5-6,9-10,13,16,20-24,32,34H,3-4,7-8,11-12,14-15,17H2,1-2H3,(H2,31,38)(H,35,40)(H,36,39)/t21-,22?,23-,24+/m0/s1. The summed E-state index contributed by atoms with van der Waals surface area (Å²) in [5.41, 5.74) is 7.67. The second kappa shape index (κ2) is 12.2. The summed E-state index contributed by atoms with van der Waals surface area (Å²) in [7, 11) is 0. The predicted molar refractivity (Wildman–Crippen MR) is 156 cm³/mol. The number of hydrogen-bond donors (Lipinski definition) is 5. The Morgan fingerprint density at radius 2 is 1.65 bits per heavy atom. The first-order valence-corrected chi connectivity index (χ1v) is 14.6.